The van der Waals surface area contributed by atoms with E-state index < -0.39 is 17.7 Å². The van der Waals surface area contributed by atoms with Gasteiger partial charge in [-0.1, -0.05) is 17.7 Å². The average molecular weight is 390 g/mol. The third-order valence-electron chi connectivity index (χ3n) is 5.85. The number of imide groups is 1. The fourth-order valence-electron chi connectivity index (χ4n) is 4.53. The highest BCUT2D eigenvalue weighted by Crippen LogP contribution is 2.49. The number of carbonyl (C=O) groups is 2. The van der Waals surface area contributed by atoms with E-state index in [1.165, 1.54) is 11.0 Å². The molecule has 0 spiro atoms. The van der Waals surface area contributed by atoms with Crippen LogP contribution in [0.2, 0.25) is 5.02 Å². The molecule has 3 aliphatic heterocycles. The van der Waals surface area contributed by atoms with Crippen molar-refractivity contribution in [2.45, 2.75) is 38.5 Å². The van der Waals surface area contributed by atoms with E-state index in [9.17, 15) is 14.0 Å². The van der Waals surface area contributed by atoms with Crippen LogP contribution in [0, 0.1) is 24.6 Å². The van der Waals surface area contributed by atoms with E-state index in [0.717, 1.165) is 12.8 Å². The van der Waals surface area contributed by atoms with E-state index in [0.29, 0.717) is 16.3 Å². The zero-order chi connectivity index (χ0) is 18.9. The summed E-state index contributed by atoms with van der Waals surface area (Å²) in [5.74, 6) is -1.43. The minimum Gasteiger partial charge on any atom is -0.373 e. The average Bonchev–Trinajstić information content (AvgIpc) is 3.36. The van der Waals surface area contributed by atoms with E-state index in [1.807, 2.05) is 0 Å². The van der Waals surface area contributed by atoms with Crippen molar-refractivity contribution < 1.29 is 18.7 Å². The van der Waals surface area contributed by atoms with Crippen LogP contribution in [0.4, 0.5) is 10.2 Å². The van der Waals surface area contributed by atoms with Gasteiger partial charge in [0.1, 0.15) is 5.82 Å². The van der Waals surface area contributed by atoms with E-state index in [-0.39, 0.29) is 36.4 Å². The van der Waals surface area contributed by atoms with Gasteiger partial charge in [0.15, 0.2) is 5.82 Å². The molecule has 27 heavy (non-hydrogen) atoms. The number of aromatic nitrogens is 2. The molecule has 1 aromatic heterocycles. The first kappa shape index (κ1) is 16.9. The van der Waals surface area contributed by atoms with Gasteiger partial charge in [0.2, 0.25) is 11.8 Å². The zero-order valence-electron chi connectivity index (χ0n) is 14.6. The molecule has 0 N–H and O–H groups in total. The molecule has 4 heterocycles. The molecule has 0 saturated carbocycles. The molecule has 8 heteroatoms. The molecular weight excluding hydrogens is 373 g/mol. The quantitative estimate of drug-likeness (QED) is 0.757. The number of aryl methyl sites for hydroxylation is 1. The highest BCUT2D eigenvalue weighted by molar-refractivity contribution is 6.31. The number of carbonyl (C=O) groups excluding carboxylic acids is 2. The largest absolute Gasteiger partial charge is 0.373 e. The molecule has 1 aromatic carbocycles. The molecule has 5 rings (SSSR count). The van der Waals surface area contributed by atoms with Gasteiger partial charge < -0.3 is 4.74 Å². The van der Waals surface area contributed by atoms with E-state index >= 15 is 0 Å². The monoisotopic (exact) mass is 389 g/mol. The topological polar surface area (TPSA) is 64.4 Å². The molecule has 0 radical (unpaired) electrons. The summed E-state index contributed by atoms with van der Waals surface area (Å²) in [6, 6.07) is 6.17. The second-order valence-corrected chi connectivity index (χ2v) is 7.76. The molecule has 0 unspecified atom stereocenters. The number of anilines is 1. The maximum atomic E-state index is 14.1. The number of nitrogens with zero attached hydrogens (tertiary/aromatic N) is 3. The lowest BCUT2D eigenvalue weighted by Gasteiger charge is -2.15. The molecule has 2 bridgehead atoms. The first-order chi connectivity index (χ1) is 13.0. The smallest absolute Gasteiger partial charge is 0.241 e. The van der Waals surface area contributed by atoms with Crippen molar-refractivity contribution in [1.29, 1.82) is 0 Å². The Balaban J connectivity index is 1.47. The summed E-state index contributed by atoms with van der Waals surface area (Å²) in [5.41, 5.74) is 1.03. The maximum absolute atomic E-state index is 14.1. The second kappa shape index (κ2) is 5.87. The predicted molar refractivity (Wildman–Crippen MR) is 94.8 cm³/mol. The number of fused-ring (bicyclic) bond motifs is 5. The van der Waals surface area contributed by atoms with Crippen molar-refractivity contribution >= 4 is 29.2 Å². The number of halogens is 2. The van der Waals surface area contributed by atoms with Crippen LogP contribution in [0.1, 0.15) is 24.1 Å². The summed E-state index contributed by atoms with van der Waals surface area (Å²) in [4.78, 5) is 26.9. The SMILES string of the molecule is Cc1cc(N2C(=O)[C@@H]3[C@@H](C2=O)[C@H]2CC[C@@H]3O2)nn1Cc1c(F)cccc1Cl. The lowest BCUT2D eigenvalue weighted by molar-refractivity contribution is -0.124. The van der Waals surface area contributed by atoms with Crippen LogP contribution < -0.4 is 4.90 Å². The number of hydrogen-bond acceptors (Lipinski definition) is 4. The summed E-state index contributed by atoms with van der Waals surface area (Å²) in [5, 5.41) is 4.71. The van der Waals surface area contributed by atoms with Gasteiger partial charge >= 0.3 is 0 Å². The highest BCUT2D eigenvalue weighted by atomic mass is 35.5. The van der Waals surface area contributed by atoms with Crippen molar-refractivity contribution in [3.05, 3.63) is 46.4 Å². The van der Waals surface area contributed by atoms with Crippen LogP contribution in [0.3, 0.4) is 0 Å². The van der Waals surface area contributed by atoms with Crippen molar-refractivity contribution in [2.24, 2.45) is 11.8 Å². The molecule has 2 amide bonds. The Morgan fingerprint density at radius 1 is 1.22 bits per heavy atom. The summed E-state index contributed by atoms with van der Waals surface area (Å²) >= 11 is 6.10. The third kappa shape index (κ3) is 2.38. The molecule has 0 aliphatic carbocycles. The molecule has 140 valence electrons. The van der Waals surface area contributed by atoms with Crippen molar-refractivity contribution in [2.75, 3.05) is 4.90 Å². The molecular formula is C19H17ClFN3O3. The first-order valence-corrected chi connectivity index (χ1v) is 9.34. The molecule has 3 fully saturated rings. The molecule has 3 saturated heterocycles. The Morgan fingerprint density at radius 2 is 1.89 bits per heavy atom. The van der Waals surface area contributed by atoms with Crippen molar-refractivity contribution in [3.8, 4) is 0 Å². The van der Waals surface area contributed by atoms with Gasteiger partial charge in [-0.2, -0.15) is 5.10 Å². The Labute approximate surface area is 159 Å². The van der Waals surface area contributed by atoms with Gasteiger partial charge in [-0.15, -0.1) is 0 Å². The van der Waals surface area contributed by atoms with Crippen LogP contribution in [-0.4, -0.2) is 33.8 Å². The highest BCUT2D eigenvalue weighted by Gasteiger charge is 2.63. The number of amides is 2. The van der Waals surface area contributed by atoms with Crippen molar-refractivity contribution in [3.63, 3.8) is 0 Å². The minimum atomic E-state index is -0.421. The Morgan fingerprint density at radius 3 is 2.52 bits per heavy atom. The normalized spacial score (nSPS) is 29.1. The Bertz CT molecular complexity index is 927. The van der Waals surface area contributed by atoms with E-state index in [1.54, 1.807) is 29.8 Å². The first-order valence-electron chi connectivity index (χ1n) is 8.96. The summed E-state index contributed by atoms with van der Waals surface area (Å²) in [6.07, 6.45) is 1.30. The van der Waals surface area contributed by atoms with Crippen molar-refractivity contribution in [1.82, 2.24) is 9.78 Å². The molecule has 4 atom stereocenters. The van der Waals surface area contributed by atoms with E-state index in [4.69, 9.17) is 16.3 Å². The van der Waals surface area contributed by atoms with Crippen LogP contribution in [0.25, 0.3) is 0 Å². The molecule has 6 nitrogen and oxygen atoms in total. The maximum Gasteiger partial charge on any atom is 0.241 e. The summed E-state index contributed by atoms with van der Waals surface area (Å²) in [6.45, 7) is 1.92. The fourth-order valence-corrected chi connectivity index (χ4v) is 4.76. The van der Waals surface area contributed by atoms with Gasteiger partial charge in [-0.25, -0.2) is 9.29 Å². The van der Waals surface area contributed by atoms with Gasteiger partial charge in [0, 0.05) is 22.3 Å². The van der Waals surface area contributed by atoms with Gasteiger partial charge in [-0.3, -0.25) is 14.3 Å². The van der Waals surface area contributed by atoms with Crippen LogP contribution in [0.5, 0.6) is 0 Å². The number of hydrogen-bond donors (Lipinski definition) is 0. The van der Waals surface area contributed by atoms with Crippen LogP contribution in [0.15, 0.2) is 24.3 Å². The second-order valence-electron chi connectivity index (χ2n) is 7.36. The lowest BCUT2D eigenvalue weighted by atomic mass is 9.81. The van der Waals surface area contributed by atoms with Gasteiger partial charge in [0.25, 0.3) is 0 Å². The number of rotatable bonds is 3. The fraction of sp³-hybridized carbons (Fsp3) is 0.421. The van der Waals surface area contributed by atoms with Gasteiger partial charge in [0.05, 0.1) is 30.6 Å². The summed E-state index contributed by atoms with van der Waals surface area (Å²) < 4.78 is 21.4. The predicted octanol–water partition coefficient (Wildman–Crippen LogP) is 2.70. The lowest BCUT2D eigenvalue weighted by Crippen LogP contribution is -2.34. The summed E-state index contributed by atoms with van der Waals surface area (Å²) in [7, 11) is 0. The number of benzene rings is 1. The van der Waals surface area contributed by atoms with Gasteiger partial charge in [-0.05, 0) is 31.9 Å². The standard InChI is InChI=1S/C19H17ClFN3O3/c1-9-7-15(22-23(9)8-10-11(20)3-2-4-12(10)21)24-18(25)16-13-5-6-14(27-13)17(16)19(24)26/h2-4,7,13-14,16-17H,5-6,8H2,1H3/t13-,14+,16-,17-/m0/s1. The molecule has 2 aromatic rings. The van der Waals surface area contributed by atoms with Crippen LogP contribution in [-0.2, 0) is 20.9 Å². The minimum absolute atomic E-state index is 0.120. The van der Waals surface area contributed by atoms with E-state index in [2.05, 4.69) is 5.10 Å². The molecule has 3 aliphatic rings. The third-order valence-corrected chi connectivity index (χ3v) is 6.21. The van der Waals surface area contributed by atoms with Crippen LogP contribution >= 0.6 is 11.6 Å². The Kier molecular flexibility index (Phi) is 3.67. The zero-order valence-corrected chi connectivity index (χ0v) is 15.3. The number of ether oxygens (including phenoxy) is 1. The Hall–Kier alpha value is -2.25.